The fourth-order valence-corrected chi connectivity index (χ4v) is 3.30. The number of piperazine rings is 1. The van der Waals surface area contributed by atoms with Crippen molar-refractivity contribution in [3.8, 4) is 0 Å². The summed E-state index contributed by atoms with van der Waals surface area (Å²) < 4.78 is 1.69. The van der Waals surface area contributed by atoms with Crippen LogP contribution in [-0.2, 0) is 6.54 Å². The molecular weight excluding hydrogens is 338 g/mol. The Bertz CT molecular complexity index is 727. The summed E-state index contributed by atoms with van der Waals surface area (Å²) in [7, 11) is 2.10. The first-order valence-electron chi connectivity index (χ1n) is 8.58. The highest BCUT2D eigenvalue weighted by Crippen LogP contribution is 2.19. The third kappa shape index (κ3) is 4.19. The average Bonchev–Trinajstić information content (AvgIpc) is 3.05. The standard InChI is InChI=1S/C18H24ClN5O/c1-13(2)17-12-22(3)8-9-24(17)18(25)16-11-23(21-20-16)10-14-4-6-15(19)7-5-14/h4-7,11,13,17H,8-10,12H2,1-3H3/t17-/m1/s1. The molecule has 0 saturated carbocycles. The predicted octanol–water partition coefficient (Wildman–Crippen LogP) is 2.39. The average molecular weight is 362 g/mol. The number of carbonyl (C=O) groups is 1. The number of rotatable bonds is 4. The molecule has 0 radical (unpaired) electrons. The molecule has 25 heavy (non-hydrogen) atoms. The van der Waals surface area contributed by atoms with E-state index in [0.29, 0.717) is 23.2 Å². The lowest BCUT2D eigenvalue weighted by Crippen LogP contribution is -2.56. The van der Waals surface area contributed by atoms with E-state index in [-0.39, 0.29) is 11.9 Å². The molecule has 1 saturated heterocycles. The largest absolute Gasteiger partial charge is 0.331 e. The first-order chi connectivity index (χ1) is 11.9. The van der Waals surface area contributed by atoms with Crippen LogP contribution >= 0.6 is 11.6 Å². The van der Waals surface area contributed by atoms with E-state index in [4.69, 9.17) is 11.6 Å². The Morgan fingerprint density at radius 1 is 1.28 bits per heavy atom. The van der Waals surface area contributed by atoms with Gasteiger partial charge in [-0.05, 0) is 30.7 Å². The molecular formula is C18H24ClN5O. The maximum absolute atomic E-state index is 12.9. The normalized spacial score (nSPS) is 18.8. The van der Waals surface area contributed by atoms with Gasteiger partial charge < -0.3 is 9.80 Å². The molecule has 0 bridgehead atoms. The minimum absolute atomic E-state index is 0.0332. The molecule has 2 heterocycles. The van der Waals surface area contributed by atoms with E-state index in [9.17, 15) is 4.79 Å². The van der Waals surface area contributed by atoms with Crippen molar-refractivity contribution in [2.24, 2.45) is 5.92 Å². The number of hydrogen-bond acceptors (Lipinski definition) is 4. The Morgan fingerprint density at radius 3 is 2.68 bits per heavy atom. The first-order valence-corrected chi connectivity index (χ1v) is 8.96. The van der Waals surface area contributed by atoms with Gasteiger partial charge in [-0.1, -0.05) is 42.8 Å². The molecule has 0 spiro atoms. The van der Waals surface area contributed by atoms with Crippen molar-refractivity contribution in [3.05, 3.63) is 46.7 Å². The quantitative estimate of drug-likeness (QED) is 0.839. The van der Waals surface area contributed by atoms with Gasteiger partial charge in [-0.3, -0.25) is 4.79 Å². The molecule has 7 heteroatoms. The summed E-state index contributed by atoms with van der Waals surface area (Å²) in [6.07, 6.45) is 1.73. The van der Waals surface area contributed by atoms with Crippen LogP contribution in [0.5, 0.6) is 0 Å². The Balaban J connectivity index is 1.72. The van der Waals surface area contributed by atoms with Gasteiger partial charge in [0, 0.05) is 30.7 Å². The second kappa shape index (κ2) is 7.54. The minimum Gasteiger partial charge on any atom is -0.331 e. The minimum atomic E-state index is -0.0332. The molecule has 3 rings (SSSR count). The summed E-state index contributed by atoms with van der Waals surface area (Å²) in [5.41, 5.74) is 1.47. The molecule has 1 atom stereocenters. The Kier molecular flexibility index (Phi) is 5.39. The number of nitrogens with zero attached hydrogens (tertiary/aromatic N) is 5. The van der Waals surface area contributed by atoms with Crippen LogP contribution in [0.2, 0.25) is 5.02 Å². The van der Waals surface area contributed by atoms with Crippen LogP contribution in [0.1, 0.15) is 29.9 Å². The molecule has 1 aromatic carbocycles. The fourth-order valence-electron chi connectivity index (χ4n) is 3.17. The van der Waals surface area contributed by atoms with Gasteiger partial charge in [0.2, 0.25) is 0 Å². The molecule has 0 unspecified atom stereocenters. The molecule has 0 N–H and O–H groups in total. The maximum atomic E-state index is 12.9. The summed E-state index contributed by atoms with van der Waals surface area (Å²) in [5.74, 6) is 0.366. The molecule has 134 valence electrons. The van der Waals surface area contributed by atoms with E-state index >= 15 is 0 Å². The highest BCUT2D eigenvalue weighted by atomic mass is 35.5. The van der Waals surface area contributed by atoms with E-state index in [1.807, 2.05) is 29.2 Å². The smallest absolute Gasteiger partial charge is 0.276 e. The monoisotopic (exact) mass is 361 g/mol. The third-order valence-corrected chi connectivity index (χ3v) is 4.92. The number of likely N-dealkylation sites (N-methyl/N-ethyl adjacent to an activating group) is 1. The molecule has 1 amide bonds. The number of hydrogen-bond donors (Lipinski definition) is 0. The summed E-state index contributed by atoms with van der Waals surface area (Å²) in [5, 5.41) is 8.91. The van der Waals surface area contributed by atoms with Gasteiger partial charge in [0.05, 0.1) is 12.7 Å². The number of aromatic nitrogens is 3. The van der Waals surface area contributed by atoms with Gasteiger partial charge in [0.25, 0.3) is 5.91 Å². The Hall–Kier alpha value is -1.92. The molecule has 2 aromatic rings. The molecule has 6 nitrogen and oxygen atoms in total. The lowest BCUT2D eigenvalue weighted by molar-refractivity contribution is 0.0397. The van der Waals surface area contributed by atoms with Crippen LogP contribution < -0.4 is 0 Å². The van der Waals surface area contributed by atoms with Crippen molar-refractivity contribution in [1.29, 1.82) is 0 Å². The third-order valence-electron chi connectivity index (χ3n) is 4.67. The van der Waals surface area contributed by atoms with Crippen LogP contribution in [0.15, 0.2) is 30.5 Å². The maximum Gasteiger partial charge on any atom is 0.276 e. The zero-order valence-corrected chi connectivity index (χ0v) is 15.6. The summed E-state index contributed by atoms with van der Waals surface area (Å²) >= 11 is 5.91. The van der Waals surface area contributed by atoms with Crippen LogP contribution in [0.25, 0.3) is 0 Å². The number of carbonyl (C=O) groups excluding carboxylic acids is 1. The zero-order valence-electron chi connectivity index (χ0n) is 14.9. The highest BCUT2D eigenvalue weighted by Gasteiger charge is 2.32. The molecule has 1 aliphatic rings. The summed E-state index contributed by atoms with van der Waals surface area (Å²) in [4.78, 5) is 17.1. The van der Waals surface area contributed by atoms with Crippen molar-refractivity contribution in [2.75, 3.05) is 26.7 Å². The van der Waals surface area contributed by atoms with Crippen LogP contribution in [-0.4, -0.2) is 63.4 Å². The highest BCUT2D eigenvalue weighted by molar-refractivity contribution is 6.30. The number of benzene rings is 1. The predicted molar refractivity (Wildman–Crippen MR) is 97.7 cm³/mol. The molecule has 1 aromatic heterocycles. The number of halogens is 1. The fraction of sp³-hybridized carbons (Fsp3) is 0.500. The topological polar surface area (TPSA) is 54.3 Å². The van der Waals surface area contributed by atoms with E-state index < -0.39 is 0 Å². The molecule has 1 fully saturated rings. The van der Waals surface area contributed by atoms with Crippen molar-refractivity contribution in [1.82, 2.24) is 24.8 Å². The second-order valence-electron chi connectivity index (χ2n) is 7.00. The van der Waals surface area contributed by atoms with E-state index in [2.05, 4.69) is 36.1 Å². The lowest BCUT2D eigenvalue weighted by Gasteiger charge is -2.41. The zero-order chi connectivity index (χ0) is 18.0. The van der Waals surface area contributed by atoms with Crippen molar-refractivity contribution < 1.29 is 4.79 Å². The molecule has 1 aliphatic heterocycles. The van der Waals surface area contributed by atoms with Crippen molar-refractivity contribution >= 4 is 17.5 Å². The van der Waals surface area contributed by atoms with Crippen LogP contribution in [0, 0.1) is 5.92 Å². The van der Waals surface area contributed by atoms with E-state index in [1.165, 1.54) is 0 Å². The summed E-state index contributed by atoms with van der Waals surface area (Å²) in [6, 6.07) is 7.78. The van der Waals surface area contributed by atoms with Gasteiger partial charge >= 0.3 is 0 Å². The van der Waals surface area contributed by atoms with Gasteiger partial charge in [0.15, 0.2) is 5.69 Å². The van der Waals surface area contributed by atoms with E-state index in [0.717, 1.165) is 25.2 Å². The van der Waals surface area contributed by atoms with Crippen LogP contribution in [0.4, 0.5) is 0 Å². The van der Waals surface area contributed by atoms with Gasteiger partial charge in [0.1, 0.15) is 0 Å². The summed E-state index contributed by atoms with van der Waals surface area (Å²) in [6.45, 7) is 7.37. The SMILES string of the molecule is CC(C)[C@H]1CN(C)CCN1C(=O)c1cn(Cc2ccc(Cl)cc2)nn1. The van der Waals surface area contributed by atoms with Gasteiger partial charge in [-0.15, -0.1) is 5.10 Å². The Morgan fingerprint density at radius 2 is 2.00 bits per heavy atom. The van der Waals surface area contributed by atoms with Gasteiger partial charge in [-0.2, -0.15) is 0 Å². The van der Waals surface area contributed by atoms with Crippen molar-refractivity contribution in [2.45, 2.75) is 26.4 Å². The first kappa shape index (κ1) is 17.9. The van der Waals surface area contributed by atoms with E-state index in [1.54, 1.807) is 10.9 Å². The van der Waals surface area contributed by atoms with Crippen LogP contribution in [0.3, 0.4) is 0 Å². The second-order valence-corrected chi connectivity index (χ2v) is 7.44. The Labute approximate surface area is 153 Å². The lowest BCUT2D eigenvalue weighted by atomic mass is 9.99. The number of amides is 1. The molecule has 0 aliphatic carbocycles. The van der Waals surface area contributed by atoms with Gasteiger partial charge in [-0.25, -0.2) is 4.68 Å². The van der Waals surface area contributed by atoms with Crippen molar-refractivity contribution in [3.63, 3.8) is 0 Å².